The summed E-state index contributed by atoms with van der Waals surface area (Å²) >= 11 is 0. The standard InChI is InChI=1S/C22H34N4O2/c27-19(23-21-7-13-1-14(8-21)3-15(2-13)9-21)25-26-20(28)24-22-10-16-4-17(11-22)6-18(5-16)12-22/h13-18H,1-12H2,(H2,23,25,27)(H2,24,26,28). The van der Waals surface area contributed by atoms with Gasteiger partial charge in [-0.05, 0) is 113 Å². The van der Waals surface area contributed by atoms with Crippen molar-refractivity contribution in [2.75, 3.05) is 0 Å². The second-order valence-electron chi connectivity index (χ2n) is 11.6. The van der Waals surface area contributed by atoms with Crippen molar-refractivity contribution in [2.24, 2.45) is 35.5 Å². The summed E-state index contributed by atoms with van der Waals surface area (Å²) in [5.74, 6) is 4.74. The first kappa shape index (κ1) is 17.4. The minimum atomic E-state index is -0.248. The average Bonchev–Trinajstić information content (AvgIpc) is 2.56. The van der Waals surface area contributed by atoms with Gasteiger partial charge < -0.3 is 10.6 Å². The second kappa shape index (κ2) is 6.02. The molecule has 8 fully saturated rings. The van der Waals surface area contributed by atoms with Crippen molar-refractivity contribution in [3.63, 3.8) is 0 Å². The number of rotatable bonds is 2. The molecule has 0 aromatic carbocycles. The van der Waals surface area contributed by atoms with Gasteiger partial charge in [0.15, 0.2) is 0 Å². The summed E-state index contributed by atoms with van der Waals surface area (Å²) in [6.45, 7) is 0. The molecule has 8 aliphatic carbocycles. The zero-order valence-corrected chi connectivity index (χ0v) is 16.8. The Kier molecular flexibility index (Phi) is 3.74. The van der Waals surface area contributed by atoms with Crippen molar-refractivity contribution in [3.8, 4) is 0 Å². The van der Waals surface area contributed by atoms with E-state index in [2.05, 4.69) is 21.5 Å². The molecule has 0 radical (unpaired) electrons. The fourth-order valence-corrected chi connectivity index (χ4v) is 9.19. The summed E-state index contributed by atoms with van der Waals surface area (Å²) in [5, 5.41) is 6.49. The minimum Gasteiger partial charge on any atom is -0.331 e. The maximum atomic E-state index is 12.5. The third kappa shape index (κ3) is 2.98. The predicted octanol–water partition coefficient (Wildman–Crippen LogP) is 3.44. The maximum Gasteiger partial charge on any atom is 0.333 e. The fourth-order valence-electron chi connectivity index (χ4n) is 9.19. The van der Waals surface area contributed by atoms with Crippen LogP contribution in [0.15, 0.2) is 0 Å². The quantitative estimate of drug-likeness (QED) is 0.548. The molecule has 8 rings (SSSR count). The molecule has 0 unspecified atom stereocenters. The molecule has 8 saturated carbocycles. The van der Waals surface area contributed by atoms with E-state index in [1.54, 1.807) is 0 Å². The van der Waals surface area contributed by atoms with Gasteiger partial charge in [-0.15, -0.1) is 0 Å². The summed E-state index contributed by atoms with van der Waals surface area (Å²) in [6, 6.07) is -0.495. The monoisotopic (exact) mass is 386 g/mol. The zero-order chi connectivity index (χ0) is 18.9. The molecule has 154 valence electrons. The van der Waals surface area contributed by atoms with Crippen LogP contribution in [-0.4, -0.2) is 23.1 Å². The van der Waals surface area contributed by atoms with Crippen LogP contribution in [0.5, 0.6) is 0 Å². The zero-order valence-electron chi connectivity index (χ0n) is 16.8. The van der Waals surface area contributed by atoms with Crippen LogP contribution in [0.25, 0.3) is 0 Å². The fraction of sp³-hybridized carbons (Fsp3) is 0.909. The van der Waals surface area contributed by atoms with E-state index < -0.39 is 0 Å². The maximum absolute atomic E-state index is 12.5. The summed E-state index contributed by atoms with van der Waals surface area (Å²) in [7, 11) is 0. The van der Waals surface area contributed by atoms with Crippen LogP contribution in [0, 0.1) is 35.5 Å². The Morgan fingerprint density at radius 3 is 1.00 bits per heavy atom. The number of carbonyl (C=O) groups is 2. The number of nitrogens with one attached hydrogen (secondary N) is 4. The summed E-state index contributed by atoms with van der Waals surface area (Å²) in [4.78, 5) is 25.1. The number of urea groups is 2. The molecular formula is C22H34N4O2. The molecule has 0 aromatic rings. The highest BCUT2D eigenvalue weighted by molar-refractivity contribution is 5.81. The highest BCUT2D eigenvalue weighted by atomic mass is 16.2. The summed E-state index contributed by atoms with van der Waals surface area (Å²) in [6.07, 6.45) is 14.8. The highest BCUT2D eigenvalue weighted by Gasteiger charge is 2.52. The van der Waals surface area contributed by atoms with Crippen molar-refractivity contribution in [3.05, 3.63) is 0 Å². The minimum absolute atomic E-state index is 0.0308. The number of hydrogen-bond donors (Lipinski definition) is 4. The van der Waals surface area contributed by atoms with Gasteiger partial charge in [0.1, 0.15) is 0 Å². The van der Waals surface area contributed by atoms with E-state index in [-0.39, 0.29) is 23.1 Å². The topological polar surface area (TPSA) is 82.3 Å². The van der Waals surface area contributed by atoms with Gasteiger partial charge in [0.2, 0.25) is 0 Å². The first-order chi connectivity index (χ1) is 13.5. The Morgan fingerprint density at radius 1 is 0.500 bits per heavy atom. The van der Waals surface area contributed by atoms with Gasteiger partial charge in [0.05, 0.1) is 0 Å². The first-order valence-electron chi connectivity index (χ1n) is 11.6. The molecule has 8 aliphatic rings. The third-order valence-electron chi connectivity index (χ3n) is 9.12. The van der Waals surface area contributed by atoms with Gasteiger partial charge >= 0.3 is 12.1 Å². The van der Waals surface area contributed by atoms with E-state index in [1.165, 1.54) is 38.5 Å². The number of hydrazine groups is 1. The van der Waals surface area contributed by atoms with Crippen LogP contribution in [-0.2, 0) is 0 Å². The van der Waals surface area contributed by atoms with E-state index in [9.17, 15) is 9.59 Å². The Bertz CT molecular complexity index is 561. The molecule has 28 heavy (non-hydrogen) atoms. The number of hydrogen-bond acceptors (Lipinski definition) is 2. The third-order valence-corrected chi connectivity index (χ3v) is 9.12. The first-order valence-corrected chi connectivity index (χ1v) is 11.6. The molecule has 6 nitrogen and oxygen atoms in total. The van der Waals surface area contributed by atoms with Crippen molar-refractivity contribution in [1.29, 1.82) is 0 Å². The van der Waals surface area contributed by atoms with E-state index in [0.29, 0.717) is 0 Å². The molecule has 0 aromatic heterocycles. The molecule has 4 amide bonds. The Balaban J connectivity index is 1.02. The van der Waals surface area contributed by atoms with E-state index in [4.69, 9.17) is 0 Å². The predicted molar refractivity (Wildman–Crippen MR) is 105 cm³/mol. The lowest BCUT2D eigenvalue weighted by Crippen LogP contribution is -2.65. The van der Waals surface area contributed by atoms with Crippen LogP contribution >= 0.6 is 0 Å². The smallest absolute Gasteiger partial charge is 0.331 e. The molecule has 0 atom stereocenters. The van der Waals surface area contributed by atoms with E-state index in [1.807, 2.05) is 0 Å². The summed E-state index contributed by atoms with van der Waals surface area (Å²) in [5.41, 5.74) is 5.19. The van der Waals surface area contributed by atoms with Crippen molar-refractivity contribution in [1.82, 2.24) is 21.5 Å². The molecule has 4 N–H and O–H groups in total. The number of amides is 4. The normalized spacial score (nSPS) is 49.7. The molecule has 0 heterocycles. The molecular weight excluding hydrogens is 352 g/mol. The highest BCUT2D eigenvalue weighted by Crippen LogP contribution is 2.56. The van der Waals surface area contributed by atoms with E-state index >= 15 is 0 Å². The van der Waals surface area contributed by atoms with Crippen LogP contribution in [0.3, 0.4) is 0 Å². The van der Waals surface area contributed by atoms with Crippen molar-refractivity contribution < 1.29 is 9.59 Å². The van der Waals surface area contributed by atoms with Gasteiger partial charge in [0, 0.05) is 11.1 Å². The van der Waals surface area contributed by atoms with Crippen molar-refractivity contribution in [2.45, 2.75) is 88.1 Å². The van der Waals surface area contributed by atoms with Crippen LogP contribution in [0.4, 0.5) is 9.59 Å². The second-order valence-corrected chi connectivity index (χ2v) is 11.6. The van der Waals surface area contributed by atoms with Gasteiger partial charge in [0.25, 0.3) is 0 Å². The van der Waals surface area contributed by atoms with Crippen LogP contribution in [0.1, 0.15) is 77.0 Å². The van der Waals surface area contributed by atoms with E-state index in [0.717, 1.165) is 74.0 Å². The van der Waals surface area contributed by atoms with Crippen LogP contribution < -0.4 is 21.5 Å². The van der Waals surface area contributed by atoms with Gasteiger partial charge in [-0.25, -0.2) is 20.4 Å². The van der Waals surface area contributed by atoms with Crippen LogP contribution in [0.2, 0.25) is 0 Å². The average molecular weight is 387 g/mol. The number of carbonyl (C=O) groups excluding carboxylic acids is 2. The molecule has 8 bridgehead atoms. The lowest BCUT2D eigenvalue weighted by atomic mass is 9.53. The van der Waals surface area contributed by atoms with Gasteiger partial charge in [-0.3, -0.25) is 0 Å². The van der Waals surface area contributed by atoms with Gasteiger partial charge in [-0.2, -0.15) is 0 Å². The molecule has 6 heteroatoms. The lowest BCUT2D eigenvalue weighted by molar-refractivity contribution is -0.0150. The Morgan fingerprint density at radius 2 is 0.750 bits per heavy atom. The summed E-state index contributed by atoms with van der Waals surface area (Å²) < 4.78 is 0. The molecule has 0 aliphatic heterocycles. The SMILES string of the molecule is O=C(NNC(=O)NC12CC3CC(CC(C3)C1)C2)NC12CC3CC(CC(C3)C1)C2. The largest absolute Gasteiger partial charge is 0.333 e. The van der Waals surface area contributed by atoms with Crippen molar-refractivity contribution >= 4 is 12.1 Å². The van der Waals surface area contributed by atoms with Gasteiger partial charge in [-0.1, -0.05) is 0 Å². The molecule has 0 spiro atoms. The lowest BCUT2D eigenvalue weighted by Gasteiger charge is -2.57. The Hall–Kier alpha value is -1.46. The molecule has 0 saturated heterocycles. The Labute approximate surface area is 167 Å².